The molecule has 0 saturated carbocycles. The van der Waals surface area contributed by atoms with Crippen LogP contribution in [-0.4, -0.2) is 12.0 Å². The van der Waals surface area contributed by atoms with Crippen LogP contribution >= 0.6 is 0 Å². The van der Waals surface area contributed by atoms with E-state index in [0.29, 0.717) is 6.04 Å². The first-order valence-electron chi connectivity index (χ1n) is 4.02. The molecule has 2 heteroatoms. The average Bonchev–Trinajstić information content (AvgIpc) is 2.17. The van der Waals surface area contributed by atoms with Gasteiger partial charge in [-0.05, 0) is 31.2 Å². The maximum atomic E-state index is 4.11. The van der Waals surface area contributed by atoms with Gasteiger partial charge in [0.15, 0.2) is 0 Å². The van der Waals surface area contributed by atoms with E-state index >= 15 is 0 Å². The predicted octanol–water partition coefficient (Wildman–Crippen LogP) is 2.00. The van der Waals surface area contributed by atoms with E-state index in [9.17, 15) is 0 Å². The minimum Gasteiger partial charge on any atom is -0.313 e. The van der Waals surface area contributed by atoms with E-state index in [1.807, 2.05) is 13.2 Å². The monoisotopic (exact) mass is 162 g/mol. The van der Waals surface area contributed by atoms with Crippen molar-refractivity contribution in [2.24, 2.45) is 0 Å². The number of nitrogens with zero attached hydrogens (tertiary/aromatic N) is 1. The van der Waals surface area contributed by atoms with Gasteiger partial charge in [-0.25, -0.2) is 0 Å². The number of rotatable bonds is 3. The zero-order valence-electron chi connectivity index (χ0n) is 7.54. The van der Waals surface area contributed by atoms with Crippen molar-refractivity contribution in [1.82, 2.24) is 10.3 Å². The highest BCUT2D eigenvalue weighted by molar-refractivity contribution is 5.46. The summed E-state index contributed by atoms with van der Waals surface area (Å²) in [6.07, 6.45) is 5.48. The molecule has 1 aromatic heterocycles. The molecule has 0 aliphatic rings. The Labute approximate surface area is 73.3 Å². The van der Waals surface area contributed by atoms with Gasteiger partial charge in [0, 0.05) is 18.4 Å². The molecule has 0 aromatic carbocycles. The summed E-state index contributed by atoms with van der Waals surface area (Å²) in [6, 6.07) is 2.43. The summed E-state index contributed by atoms with van der Waals surface area (Å²) in [5.41, 5.74) is 2.25. The zero-order chi connectivity index (χ0) is 8.97. The van der Waals surface area contributed by atoms with Gasteiger partial charge in [-0.2, -0.15) is 0 Å². The van der Waals surface area contributed by atoms with Gasteiger partial charge in [-0.15, -0.1) is 0 Å². The van der Waals surface area contributed by atoms with Crippen LogP contribution in [0.3, 0.4) is 0 Å². The van der Waals surface area contributed by atoms with E-state index in [1.54, 1.807) is 12.3 Å². The van der Waals surface area contributed by atoms with Crippen molar-refractivity contribution in [3.8, 4) is 0 Å². The molecule has 0 spiro atoms. The first-order valence-corrected chi connectivity index (χ1v) is 4.02. The summed E-state index contributed by atoms with van der Waals surface area (Å²) >= 11 is 0. The Bertz CT molecular complexity index is 268. The third-order valence-electron chi connectivity index (χ3n) is 1.95. The molecule has 1 atom stereocenters. The average molecular weight is 162 g/mol. The molecule has 0 fully saturated rings. The van der Waals surface area contributed by atoms with E-state index in [4.69, 9.17) is 0 Å². The smallest absolute Gasteiger partial charge is 0.0340 e. The van der Waals surface area contributed by atoms with Gasteiger partial charge in [0.25, 0.3) is 0 Å². The topological polar surface area (TPSA) is 24.9 Å². The lowest BCUT2D eigenvalue weighted by molar-refractivity contribution is 0.649. The number of hydrogen-bond acceptors (Lipinski definition) is 2. The number of hydrogen-bond donors (Lipinski definition) is 1. The van der Waals surface area contributed by atoms with Crippen LogP contribution < -0.4 is 5.32 Å². The largest absolute Gasteiger partial charge is 0.313 e. The third-order valence-corrected chi connectivity index (χ3v) is 1.95. The SMILES string of the molecule is C=Cc1cncc([C@H](C)NC)c1. The molecule has 1 N–H and O–H groups in total. The minimum absolute atomic E-state index is 0.345. The molecule has 2 nitrogen and oxygen atoms in total. The highest BCUT2D eigenvalue weighted by Gasteiger charge is 2.01. The van der Waals surface area contributed by atoms with E-state index < -0.39 is 0 Å². The first kappa shape index (κ1) is 8.94. The number of aromatic nitrogens is 1. The van der Waals surface area contributed by atoms with Crippen molar-refractivity contribution in [2.45, 2.75) is 13.0 Å². The number of nitrogens with one attached hydrogen (secondary N) is 1. The molecular formula is C10H14N2. The summed E-state index contributed by atoms with van der Waals surface area (Å²) in [5.74, 6) is 0. The molecular weight excluding hydrogens is 148 g/mol. The Morgan fingerprint density at radius 1 is 1.58 bits per heavy atom. The molecule has 0 bridgehead atoms. The van der Waals surface area contributed by atoms with Gasteiger partial charge < -0.3 is 5.32 Å². The Hall–Kier alpha value is -1.15. The van der Waals surface area contributed by atoms with Gasteiger partial charge in [0.2, 0.25) is 0 Å². The second kappa shape index (κ2) is 4.02. The van der Waals surface area contributed by atoms with E-state index in [2.05, 4.69) is 29.9 Å². The van der Waals surface area contributed by atoms with Crippen LogP contribution in [0, 0.1) is 0 Å². The molecule has 12 heavy (non-hydrogen) atoms. The highest BCUT2D eigenvalue weighted by atomic mass is 14.9. The van der Waals surface area contributed by atoms with Crippen molar-refractivity contribution in [3.63, 3.8) is 0 Å². The van der Waals surface area contributed by atoms with Crippen LogP contribution in [0.1, 0.15) is 24.1 Å². The second-order valence-corrected chi connectivity index (χ2v) is 2.77. The van der Waals surface area contributed by atoms with Crippen LogP contribution in [0.25, 0.3) is 6.08 Å². The lowest BCUT2D eigenvalue weighted by atomic mass is 10.1. The molecule has 0 aliphatic heterocycles. The molecule has 0 saturated heterocycles. The Morgan fingerprint density at radius 2 is 2.33 bits per heavy atom. The lowest BCUT2D eigenvalue weighted by Gasteiger charge is -2.09. The molecule has 0 unspecified atom stereocenters. The second-order valence-electron chi connectivity index (χ2n) is 2.77. The summed E-state index contributed by atoms with van der Waals surface area (Å²) < 4.78 is 0. The van der Waals surface area contributed by atoms with Gasteiger partial charge in [0.1, 0.15) is 0 Å². The fourth-order valence-corrected chi connectivity index (χ4v) is 0.991. The molecule has 0 aliphatic carbocycles. The van der Waals surface area contributed by atoms with Crippen molar-refractivity contribution in [3.05, 3.63) is 36.2 Å². The van der Waals surface area contributed by atoms with Crippen LogP contribution in [0.4, 0.5) is 0 Å². The first-order chi connectivity index (χ1) is 5.77. The van der Waals surface area contributed by atoms with E-state index in [1.165, 1.54) is 5.56 Å². The van der Waals surface area contributed by atoms with Gasteiger partial charge in [-0.1, -0.05) is 12.7 Å². The van der Waals surface area contributed by atoms with Gasteiger partial charge in [-0.3, -0.25) is 4.98 Å². The third kappa shape index (κ3) is 1.92. The minimum atomic E-state index is 0.345. The van der Waals surface area contributed by atoms with Crippen molar-refractivity contribution >= 4 is 6.08 Å². The van der Waals surface area contributed by atoms with Crippen LogP contribution in [0.5, 0.6) is 0 Å². The highest BCUT2D eigenvalue weighted by Crippen LogP contribution is 2.12. The Morgan fingerprint density at radius 3 is 2.92 bits per heavy atom. The summed E-state index contributed by atoms with van der Waals surface area (Å²) in [4.78, 5) is 4.11. The molecule has 1 heterocycles. The van der Waals surface area contributed by atoms with Gasteiger partial charge >= 0.3 is 0 Å². The standard InChI is InChI=1S/C10H14N2/c1-4-9-5-10(7-12-6-9)8(2)11-3/h4-8,11H,1H2,2-3H3/t8-/m0/s1. The fraction of sp³-hybridized carbons (Fsp3) is 0.300. The van der Waals surface area contributed by atoms with Crippen molar-refractivity contribution < 1.29 is 0 Å². The van der Waals surface area contributed by atoms with Crippen LogP contribution in [0.2, 0.25) is 0 Å². The fourth-order valence-electron chi connectivity index (χ4n) is 0.991. The molecule has 64 valence electrons. The zero-order valence-corrected chi connectivity index (χ0v) is 7.54. The summed E-state index contributed by atoms with van der Waals surface area (Å²) in [7, 11) is 1.94. The Balaban J connectivity index is 2.93. The summed E-state index contributed by atoms with van der Waals surface area (Å²) in [6.45, 7) is 5.80. The van der Waals surface area contributed by atoms with E-state index in [0.717, 1.165) is 5.56 Å². The van der Waals surface area contributed by atoms with Gasteiger partial charge in [0.05, 0.1) is 0 Å². The van der Waals surface area contributed by atoms with Crippen LogP contribution in [-0.2, 0) is 0 Å². The summed E-state index contributed by atoms with van der Waals surface area (Å²) in [5, 5.41) is 3.16. The predicted molar refractivity (Wildman–Crippen MR) is 51.8 cm³/mol. The molecule has 0 amide bonds. The quantitative estimate of drug-likeness (QED) is 0.735. The van der Waals surface area contributed by atoms with Crippen molar-refractivity contribution in [1.29, 1.82) is 0 Å². The molecule has 1 aromatic rings. The Kier molecular flexibility index (Phi) is 3.00. The molecule has 1 rings (SSSR count). The lowest BCUT2D eigenvalue weighted by Crippen LogP contribution is -2.12. The number of pyridine rings is 1. The maximum absolute atomic E-state index is 4.11. The van der Waals surface area contributed by atoms with Crippen LogP contribution in [0.15, 0.2) is 25.0 Å². The normalized spacial score (nSPS) is 12.5. The van der Waals surface area contributed by atoms with E-state index in [-0.39, 0.29) is 0 Å². The molecule has 0 radical (unpaired) electrons. The maximum Gasteiger partial charge on any atom is 0.0340 e. The van der Waals surface area contributed by atoms with Crippen molar-refractivity contribution in [2.75, 3.05) is 7.05 Å².